The molecule has 0 aromatic rings. The van der Waals surface area contributed by atoms with Gasteiger partial charge < -0.3 is 10.6 Å². The fourth-order valence-electron chi connectivity index (χ4n) is 3.46. The van der Waals surface area contributed by atoms with Crippen molar-refractivity contribution in [2.75, 3.05) is 25.4 Å². The van der Waals surface area contributed by atoms with Crippen LogP contribution >= 0.6 is 12.4 Å². The second-order valence-corrected chi connectivity index (χ2v) is 8.62. The molecule has 0 radical (unpaired) electrons. The lowest BCUT2D eigenvalue weighted by Crippen LogP contribution is -2.51. The Balaban J connectivity index is 0.00000264. The molecular weight excluding hydrogens is 338 g/mol. The minimum atomic E-state index is -3.18. The number of carbonyl (C=O) groups is 1. The lowest BCUT2D eigenvalue weighted by atomic mass is 9.96. The SMILES string of the molecule is CC(N)C1CCCCN1C(=O)CCCS(=O)(=O)N1CCCC1.Cl. The molecule has 6 nitrogen and oxygen atoms in total. The highest BCUT2D eigenvalue weighted by molar-refractivity contribution is 7.89. The van der Waals surface area contributed by atoms with Gasteiger partial charge >= 0.3 is 0 Å². The number of sulfonamides is 1. The first-order valence-corrected chi connectivity index (χ1v) is 10.1. The Morgan fingerprint density at radius 2 is 1.78 bits per heavy atom. The van der Waals surface area contributed by atoms with Crippen molar-refractivity contribution in [3.63, 3.8) is 0 Å². The molecule has 2 rings (SSSR count). The number of halogens is 1. The molecule has 2 saturated heterocycles. The molecule has 136 valence electrons. The van der Waals surface area contributed by atoms with Crippen LogP contribution < -0.4 is 5.73 Å². The van der Waals surface area contributed by atoms with E-state index in [2.05, 4.69) is 0 Å². The van der Waals surface area contributed by atoms with Crippen molar-refractivity contribution < 1.29 is 13.2 Å². The Morgan fingerprint density at radius 1 is 1.17 bits per heavy atom. The number of nitrogens with two attached hydrogens (primary N) is 1. The van der Waals surface area contributed by atoms with Gasteiger partial charge in [0.25, 0.3) is 0 Å². The van der Waals surface area contributed by atoms with E-state index in [0.717, 1.165) is 38.6 Å². The Hall–Kier alpha value is -0.370. The third kappa shape index (κ3) is 5.59. The van der Waals surface area contributed by atoms with Gasteiger partial charge in [-0.05, 0) is 45.4 Å². The van der Waals surface area contributed by atoms with Crippen molar-refractivity contribution in [2.45, 2.75) is 64.0 Å². The molecule has 0 aromatic heterocycles. The molecule has 0 bridgehead atoms. The zero-order valence-electron chi connectivity index (χ0n) is 13.9. The van der Waals surface area contributed by atoms with Crippen LogP contribution in [0, 0.1) is 0 Å². The van der Waals surface area contributed by atoms with E-state index in [-0.39, 0.29) is 36.2 Å². The molecular formula is C15H30ClN3O3S. The molecule has 2 aliphatic heterocycles. The first-order valence-electron chi connectivity index (χ1n) is 8.45. The fourth-order valence-corrected chi connectivity index (χ4v) is 5.04. The molecule has 0 aliphatic carbocycles. The Morgan fingerprint density at radius 3 is 2.39 bits per heavy atom. The number of carbonyl (C=O) groups excluding carboxylic acids is 1. The maximum Gasteiger partial charge on any atom is 0.222 e. The predicted octanol–water partition coefficient (Wildman–Crippen LogP) is 1.34. The zero-order chi connectivity index (χ0) is 16.2. The van der Waals surface area contributed by atoms with Gasteiger partial charge in [0.05, 0.1) is 5.75 Å². The van der Waals surface area contributed by atoms with E-state index >= 15 is 0 Å². The third-order valence-corrected chi connectivity index (χ3v) is 6.68. The van der Waals surface area contributed by atoms with Crippen LogP contribution in [0.2, 0.25) is 0 Å². The summed E-state index contributed by atoms with van der Waals surface area (Å²) in [6.07, 6.45) is 5.68. The van der Waals surface area contributed by atoms with E-state index in [0.29, 0.717) is 25.9 Å². The van der Waals surface area contributed by atoms with Crippen LogP contribution in [0.4, 0.5) is 0 Å². The molecule has 2 heterocycles. The van der Waals surface area contributed by atoms with Gasteiger partial charge in [0, 0.05) is 38.1 Å². The number of hydrogen-bond donors (Lipinski definition) is 1. The van der Waals surface area contributed by atoms with E-state index in [9.17, 15) is 13.2 Å². The van der Waals surface area contributed by atoms with Crippen LogP contribution in [0.3, 0.4) is 0 Å². The number of amides is 1. The first kappa shape index (κ1) is 20.7. The summed E-state index contributed by atoms with van der Waals surface area (Å²) in [5, 5.41) is 0. The number of hydrogen-bond acceptors (Lipinski definition) is 4. The van der Waals surface area contributed by atoms with Gasteiger partial charge in [0.2, 0.25) is 15.9 Å². The number of likely N-dealkylation sites (tertiary alicyclic amines) is 1. The van der Waals surface area contributed by atoms with Crippen molar-refractivity contribution in [3.05, 3.63) is 0 Å². The highest BCUT2D eigenvalue weighted by atomic mass is 35.5. The highest BCUT2D eigenvalue weighted by Crippen LogP contribution is 2.21. The molecule has 2 fully saturated rings. The smallest absolute Gasteiger partial charge is 0.222 e. The van der Waals surface area contributed by atoms with Crippen LogP contribution in [0.25, 0.3) is 0 Å². The minimum absolute atomic E-state index is 0. The molecule has 0 aromatic carbocycles. The topological polar surface area (TPSA) is 83.7 Å². The fraction of sp³-hybridized carbons (Fsp3) is 0.933. The molecule has 2 aliphatic rings. The summed E-state index contributed by atoms with van der Waals surface area (Å²) in [7, 11) is -3.18. The van der Waals surface area contributed by atoms with E-state index in [1.54, 1.807) is 4.31 Å². The van der Waals surface area contributed by atoms with Crippen molar-refractivity contribution in [3.8, 4) is 0 Å². The summed E-state index contributed by atoms with van der Waals surface area (Å²) in [5.74, 6) is 0.133. The summed E-state index contributed by atoms with van der Waals surface area (Å²) in [5.41, 5.74) is 5.98. The average Bonchev–Trinajstić information content (AvgIpc) is 3.02. The lowest BCUT2D eigenvalue weighted by molar-refractivity contribution is -0.135. The quantitative estimate of drug-likeness (QED) is 0.767. The summed E-state index contributed by atoms with van der Waals surface area (Å²) >= 11 is 0. The highest BCUT2D eigenvalue weighted by Gasteiger charge is 2.30. The third-order valence-electron chi connectivity index (χ3n) is 4.73. The molecule has 2 N–H and O–H groups in total. The first-order chi connectivity index (χ1) is 10.4. The van der Waals surface area contributed by atoms with E-state index in [1.165, 1.54) is 0 Å². The van der Waals surface area contributed by atoms with Crippen LogP contribution in [-0.2, 0) is 14.8 Å². The van der Waals surface area contributed by atoms with Gasteiger partial charge in [-0.25, -0.2) is 12.7 Å². The van der Waals surface area contributed by atoms with Gasteiger partial charge in [-0.1, -0.05) is 0 Å². The maximum atomic E-state index is 12.4. The number of rotatable bonds is 6. The molecule has 2 unspecified atom stereocenters. The Labute approximate surface area is 146 Å². The van der Waals surface area contributed by atoms with E-state index < -0.39 is 10.0 Å². The van der Waals surface area contributed by atoms with Gasteiger partial charge in [0.1, 0.15) is 0 Å². The van der Waals surface area contributed by atoms with Crippen molar-refractivity contribution in [1.29, 1.82) is 0 Å². The second kappa shape index (κ2) is 9.20. The number of nitrogens with zero attached hydrogens (tertiary/aromatic N) is 2. The zero-order valence-corrected chi connectivity index (χ0v) is 15.6. The lowest BCUT2D eigenvalue weighted by Gasteiger charge is -2.38. The van der Waals surface area contributed by atoms with Crippen LogP contribution in [0.15, 0.2) is 0 Å². The van der Waals surface area contributed by atoms with E-state index in [4.69, 9.17) is 5.73 Å². The minimum Gasteiger partial charge on any atom is -0.338 e. The standard InChI is InChI=1S/C15H29N3O3S.ClH/c1-13(16)14-7-2-3-11-18(14)15(19)8-6-12-22(20,21)17-9-4-5-10-17;/h13-14H,2-12,16H2,1H3;1H. The van der Waals surface area contributed by atoms with Crippen LogP contribution in [0.5, 0.6) is 0 Å². The normalized spacial score (nSPS) is 24.3. The predicted molar refractivity (Wildman–Crippen MR) is 94.1 cm³/mol. The van der Waals surface area contributed by atoms with Gasteiger partial charge in [-0.2, -0.15) is 0 Å². The van der Waals surface area contributed by atoms with Crippen molar-refractivity contribution >= 4 is 28.3 Å². The van der Waals surface area contributed by atoms with Gasteiger partial charge in [-0.3, -0.25) is 4.79 Å². The summed E-state index contributed by atoms with van der Waals surface area (Å²) in [6.45, 7) is 3.96. The maximum absolute atomic E-state index is 12.4. The van der Waals surface area contributed by atoms with Crippen LogP contribution in [-0.4, -0.2) is 61.0 Å². The van der Waals surface area contributed by atoms with Crippen molar-refractivity contribution in [2.24, 2.45) is 5.73 Å². The van der Waals surface area contributed by atoms with Gasteiger partial charge in [-0.15, -0.1) is 12.4 Å². The molecule has 2 atom stereocenters. The summed E-state index contributed by atoms with van der Waals surface area (Å²) in [6, 6.07) is 0.0778. The monoisotopic (exact) mass is 367 g/mol. The Kier molecular flexibility index (Phi) is 8.27. The summed E-state index contributed by atoms with van der Waals surface area (Å²) < 4.78 is 25.8. The molecule has 0 spiro atoms. The summed E-state index contributed by atoms with van der Waals surface area (Å²) in [4.78, 5) is 14.3. The van der Waals surface area contributed by atoms with Gasteiger partial charge in [0.15, 0.2) is 0 Å². The Bertz CT molecular complexity index is 478. The largest absolute Gasteiger partial charge is 0.338 e. The number of piperidine rings is 1. The molecule has 8 heteroatoms. The molecule has 23 heavy (non-hydrogen) atoms. The molecule has 0 saturated carbocycles. The van der Waals surface area contributed by atoms with Crippen molar-refractivity contribution in [1.82, 2.24) is 9.21 Å². The van der Waals surface area contributed by atoms with E-state index in [1.807, 2.05) is 11.8 Å². The second-order valence-electron chi connectivity index (χ2n) is 6.54. The van der Waals surface area contributed by atoms with Crippen LogP contribution in [0.1, 0.15) is 51.9 Å². The average molecular weight is 368 g/mol. The molecule has 1 amide bonds.